The topological polar surface area (TPSA) is 35.8 Å². The molecule has 1 aliphatic heterocycles. The van der Waals surface area contributed by atoms with Crippen LogP contribution in [-0.2, 0) is 0 Å². The highest BCUT2D eigenvalue weighted by atomic mass is 14.9. The lowest BCUT2D eigenvalue weighted by atomic mass is 10.0. The van der Waals surface area contributed by atoms with Crippen molar-refractivity contribution in [1.82, 2.24) is 5.32 Å². The lowest BCUT2D eigenvalue weighted by molar-refractivity contribution is 0.541. The van der Waals surface area contributed by atoms with Crippen molar-refractivity contribution in [1.29, 1.82) is 5.26 Å². The summed E-state index contributed by atoms with van der Waals surface area (Å²) in [5, 5.41) is 11.5. The molecule has 2 heteroatoms. The smallest absolute Gasteiger partial charge is 0.0621 e. The van der Waals surface area contributed by atoms with Gasteiger partial charge in [0.05, 0.1) is 6.07 Å². The normalized spacial score (nSPS) is 25.9. The van der Waals surface area contributed by atoms with Gasteiger partial charge >= 0.3 is 0 Å². The van der Waals surface area contributed by atoms with Crippen LogP contribution in [0.1, 0.15) is 19.3 Å². The third-order valence-electron chi connectivity index (χ3n) is 1.83. The van der Waals surface area contributed by atoms with Crippen molar-refractivity contribution < 1.29 is 0 Å². The van der Waals surface area contributed by atoms with Gasteiger partial charge in [0.1, 0.15) is 0 Å². The fourth-order valence-electron chi connectivity index (χ4n) is 1.23. The van der Waals surface area contributed by atoms with Crippen molar-refractivity contribution in [3.05, 3.63) is 0 Å². The molecular weight excluding hydrogens is 112 g/mol. The van der Waals surface area contributed by atoms with Crippen LogP contribution >= 0.6 is 0 Å². The molecule has 1 saturated heterocycles. The van der Waals surface area contributed by atoms with E-state index >= 15 is 0 Å². The van der Waals surface area contributed by atoms with Gasteiger partial charge in [-0.2, -0.15) is 5.26 Å². The summed E-state index contributed by atoms with van der Waals surface area (Å²) in [5.41, 5.74) is 0. The van der Waals surface area contributed by atoms with Gasteiger partial charge in [0, 0.05) is 6.42 Å². The monoisotopic (exact) mass is 124 g/mol. The van der Waals surface area contributed by atoms with Crippen LogP contribution in [0.15, 0.2) is 0 Å². The molecule has 0 spiro atoms. The summed E-state index contributed by atoms with van der Waals surface area (Å²) in [5.74, 6) is 0.782. The first-order valence-corrected chi connectivity index (χ1v) is 3.51. The standard InChI is InChI=1S/C7H12N2/c8-4-1-2-7-3-5-9-6-7/h7,9H,1-3,5-6H2. The molecule has 1 unspecified atom stereocenters. The number of nitriles is 1. The highest BCUT2D eigenvalue weighted by molar-refractivity contribution is 4.76. The van der Waals surface area contributed by atoms with E-state index in [1.54, 1.807) is 0 Å². The molecule has 0 aliphatic carbocycles. The molecule has 2 nitrogen and oxygen atoms in total. The molecule has 0 radical (unpaired) electrons. The van der Waals surface area contributed by atoms with E-state index < -0.39 is 0 Å². The molecule has 50 valence electrons. The summed E-state index contributed by atoms with van der Waals surface area (Å²) in [7, 11) is 0. The van der Waals surface area contributed by atoms with Crippen LogP contribution in [0.2, 0.25) is 0 Å². The molecule has 1 N–H and O–H groups in total. The van der Waals surface area contributed by atoms with Gasteiger partial charge in [-0.3, -0.25) is 0 Å². The molecule has 9 heavy (non-hydrogen) atoms. The average Bonchev–Trinajstić information content (AvgIpc) is 2.34. The van der Waals surface area contributed by atoms with Gasteiger partial charge in [-0.15, -0.1) is 0 Å². The SMILES string of the molecule is N#CCCC1CCNC1. The zero-order valence-electron chi connectivity index (χ0n) is 5.56. The molecular formula is C7H12N2. The Morgan fingerprint density at radius 1 is 1.67 bits per heavy atom. The maximum absolute atomic E-state index is 8.26. The number of rotatable bonds is 2. The fourth-order valence-corrected chi connectivity index (χ4v) is 1.23. The first-order chi connectivity index (χ1) is 4.43. The molecule has 0 aromatic rings. The number of hydrogen-bond acceptors (Lipinski definition) is 2. The predicted molar refractivity (Wildman–Crippen MR) is 35.8 cm³/mol. The molecule has 1 rings (SSSR count). The van der Waals surface area contributed by atoms with Crippen LogP contribution < -0.4 is 5.32 Å². The Labute approximate surface area is 55.9 Å². The molecule has 0 saturated carbocycles. The Kier molecular flexibility index (Phi) is 2.53. The third-order valence-corrected chi connectivity index (χ3v) is 1.83. The number of nitrogens with one attached hydrogen (secondary N) is 1. The van der Waals surface area contributed by atoms with Crippen LogP contribution in [0.4, 0.5) is 0 Å². The summed E-state index contributed by atoms with van der Waals surface area (Å²) in [6.07, 6.45) is 3.08. The van der Waals surface area contributed by atoms with Crippen LogP contribution in [0.3, 0.4) is 0 Å². The Morgan fingerprint density at radius 3 is 3.11 bits per heavy atom. The molecule has 1 atom stereocenters. The van der Waals surface area contributed by atoms with Gasteiger partial charge in [-0.05, 0) is 31.8 Å². The van der Waals surface area contributed by atoms with Gasteiger partial charge < -0.3 is 5.32 Å². The second-order valence-corrected chi connectivity index (χ2v) is 2.56. The van der Waals surface area contributed by atoms with Gasteiger partial charge in [0.15, 0.2) is 0 Å². The van der Waals surface area contributed by atoms with E-state index in [0.29, 0.717) is 0 Å². The van der Waals surface area contributed by atoms with E-state index in [4.69, 9.17) is 5.26 Å². The van der Waals surface area contributed by atoms with Crippen molar-refractivity contribution in [2.75, 3.05) is 13.1 Å². The van der Waals surface area contributed by atoms with Gasteiger partial charge in [-0.25, -0.2) is 0 Å². The van der Waals surface area contributed by atoms with Crippen molar-refractivity contribution in [3.8, 4) is 6.07 Å². The number of hydrogen-bond donors (Lipinski definition) is 1. The lowest BCUT2D eigenvalue weighted by Gasteiger charge is -2.01. The summed E-state index contributed by atoms with van der Waals surface area (Å²) in [4.78, 5) is 0. The second-order valence-electron chi connectivity index (χ2n) is 2.56. The average molecular weight is 124 g/mol. The third kappa shape index (κ3) is 2.03. The van der Waals surface area contributed by atoms with E-state index in [1.807, 2.05) is 0 Å². The minimum atomic E-state index is 0.729. The minimum Gasteiger partial charge on any atom is -0.316 e. The molecule has 0 amide bonds. The maximum Gasteiger partial charge on any atom is 0.0621 e. The zero-order chi connectivity index (χ0) is 6.53. The van der Waals surface area contributed by atoms with Crippen LogP contribution in [0.25, 0.3) is 0 Å². The van der Waals surface area contributed by atoms with Crippen LogP contribution in [-0.4, -0.2) is 13.1 Å². The predicted octanol–water partition coefficient (Wildman–Crippen LogP) is 0.900. The molecule has 1 heterocycles. The quantitative estimate of drug-likeness (QED) is 0.593. The largest absolute Gasteiger partial charge is 0.316 e. The Bertz CT molecular complexity index is 109. The highest BCUT2D eigenvalue weighted by Crippen LogP contribution is 2.12. The van der Waals surface area contributed by atoms with Crippen LogP contribution in [0, 0.1) is 17.2 Å². The van der Waals surface area contributed by atoms with E-state index in [1.165, 1.54) is 6.42 Å². The molecule has 1 aliphatic rings. The van der Waals surface area contributed by atoms with Gasteiger partial charge in [-0.1, -0.05) is 0 Å². The number of nitrogens with zero attached hydrogens (tertiary/aromatic N) is 1. The maximum atomic E-state index is 8.26. The van der Waals surface area contributed by atoms with Gasteiger partial charge in [0.2, 0.25) is 0 Å². The van der Waals surface area contributed by atoms with Gasteiger partial charge in [0.25, 0.3) is 0 Å². The summed E-state index contributed by atoms with van der Waals surface area (Å²) >= 11 is 0. The second kappa shape index (κ2) is 3.47. The summed E-state index contributed by atoms with van der Waals surface area (Å²) < 4.78 is 0. The Balaban J connectivity index is 2.06. The van der Waals surface area contributed by atoms with Crippen molar-refractivity contribution in [2.24, 2.45) is 5.92 Å². The zero-order valence-corrected chi connectivity index (χ0v) is 5.56. The minimum absolute atomic E-state index is 0.729. The molecule has 0 aromatic carbocycles. The van der Waals surface area contributed by atoms with Crippen LogP contribution in [0.5, 0.6) is 0 Å². The molecule has 0 bridgehead atoms. The molecule has 1 fully saturated rings. The highest BCUT2D eigenvalue weighted by Gasteiger charge is 2.12. The van der Waals surface area contributed by atoms with Crippen molar-refractivity contribution >= 4 is 0 Å². The van der Waals surface area contributed by atoms with E-state index in [-0.39, 0.29) is 0 Å². The van der Waals surface area contributed by atoms with E-state index in [9.17, 15) is 0 Å². The lowest BCUT2D eigenvalue weighted by Crippen LogP contribution is -2.08. The van der Waals surface area contributed by atoms with Crippen molar-refractivity contribution in [3.63, 3.8) is 0 Å². The Morgan fingerprint density at radius 2 is 2.56 bits per heavy atom. The summed E-state index contributed by atoms with van der Waals surface area (Å²) in [6.45, 7) is 2.28. The van der Waals surface area contributed by atoms with Crippen molar-refractivity contribution in [2.45, 2.75) is 19.3 Å². The first-order valence-electron chi connectivity index (χ1n) is 3.51. The van der Waals surface area contributed by atoms with E-state index in [0.717, 1.165) is 31.8 Å². The van der Waals surface area contributed by atoms with E-state index in [2.05, 4.69) is 11.4 Å². The Hall–Kier alpha value is -0.550. The first kappa shape index (κ1) is 6.57. The fraction of sp³-hybridized carbons (Fsp3) is 0.857. The molecule has 0 aromatic heterocycles. The summed E-state index contributed by atoms with van der Waals surface area (Å²) in [6, 6.07) is 2.17.